The first-order valence-corrected chi connectivity index (χ1v) is 6.38. The second kappa shape index (κ2) is 4.93. The number of aromatic nitrogens is 2. The van der Waals surface area contributed by atoms with E-state index in [2.05, 4.69) is 26.1 Å². The van der Waals surface area contributed by atoms with Crippen LogP contribution in [0.2, 0.25) is 0 Å². The standard InChI is InChI=1S/C14H8BrFN2O/c15-12-4-2-1-3-11(12)14-18-17-13(19-14)9-5-7-10(16)8-6-9/h1-8H. The van der Waals surface area contributed by atoms with Gasteiger partial charge in [-0.05, 0) is 52.3 Å². The highest BCUT2D eigenvalue weighted by Crippen LogP contribution is 2.29. The van der Waals surface area contributed by atoms with E-state index >= 15 is 0 Å². The normalized spacial score (nSPS) is 10.6. The van der Waals surface area contributed by atoms with E-state index in [4.69, 9.17) is 4.42 Å². The van der Waals surface area contributed by atoms with Gasteiger partial charge in [-0.2, -0.15) is 0 Å². The summed E-state index contributed by atoms with van der Waals surface area (Å²) in [5.41, 5.74) is 1.51. The summed E-state index contributed by atoms with van der Waals surface area (Å²) in [6.45, 7) is 0. The molecule has 0 atom stereocenters. The van der Waals surface area contributed by atoms with Gasteiger partial charge in [-0.3, -0.25) is 0 Å². The number of rotatable bonds is 2. The lowest BCUT2D eigenvalue weighted by Gasteiger charge is -1.97. The van der Waals surface area contributed by atoms with Crippen molar-refractivity contribution in [3.05, 3.63) is 58.8 Å². The quantitative estimate of drug-likeness (QED) is 0.707. The fraction of sp³-hybridized carbons (Fsp3) is 0. The minimum atomic E-state index is -0.297. The Morgan fingerprint density at radius 2 is 1.58 bits per heavy atom. The van der Waals surface area contributed by atoms with Crippen molar-refractivity contribution in [3.63, 3.8) is 0 Å². The first-order chi connectivity index (χ1) is 9.24. The van der Waals surface area contributed by atoms with Crippen molar-refractivity contribution in [2.45, 2.75) is 0 Å². The molecule has 0 radical (unpaired) electrons. The Morgan fingerprint density at radius 3 is 2.32 bits per heavy atom. The van der Waals surface area contributed by atoms with E-state index in [0.29, 0.717) is 17.3 Å². The van der Waals surface area contributed by atoms with E-state index in [-0.39, 0.29) is 5.82 Å². The smallest absolute Gasteiger partial charge is 0.249 e. The SMILES string of the molecule is Fc1ccc(-c2nnc(-c3ccccc3Br)o2)cc1. The second-order valence-electron chi connectivity index (χ2n) is 3.90. The molecule has 0 N–H and O–H groups in total. The molecule has 0 spiro atoms. The van der Waals surface area contributed by atoms with Crippen LogP contribution in [0.1, 0.15) is 0 Å². The van der Waals surface area contributed by atoms with Crippen LogP contribution in [-0.2, 0) is 0 Å². The van der Waals surface area contributed by atoms with Gasteiger partial charge >= 0.3 is 0 Å². The average molecular weight is 319 g/mol. The molecule has 0 fully saturated rings. The fourth-order valence-corrected chi connectivity index (χ4v) is 2.13. The van der Waals surface area contributed by atoms with Crippen LogP contribution in [0.15, 0.2) is 57.4 Å². The average Bonchev–Trinajstić information content (AvgIpc) is 2.89. The number of halogens is 2. The monoisotopic (exact) mass is 318 g/mol. The number of benzene rings is 2. The Morgan fingerprint density at radius 1 is 0.895 bits per heavy atom. The molecule has 0 aliphatic rings. The molecule has 5 heteroatoms. The molecule has 3 aromatic rings. The Hall–Kier alpha value is -2.01. The molecule has 0 saturated heterocycles. The zero-order valence-corrected chi connectivity index (χ0v) is 11.3. The van der Waals surface area contributed by atoms with Gasteiger partial charge in [0.05, 0.1) is 5.56 Å². The van der Waals surface area contributed by atoms with E-state index < -0.39 is 0 Å². The maximum Gasteiger partial charge on any atom is 0.249 e. The molecule has 1 heterocycles. The summed E-state index contributed by atoms with van der Waals surface area (Å²) in [4.78, 5) is 0. The molecule has 0 aliphatic heterocycles. The lowest BCUT2D eigenvalue weighted by Crippen LogP contribution is -1.79. The third-order valence-corrected chi connectivity index (χ3v) is 3.31. The minimum absolute atomic E-state index is 0.297. The first-order valence-electron chi connectivity index (χ1n) is 5.58. The number of hydrogen-bond acceptors (Lipinski definition) is 3. The zero-order chi connectivity index (χ0) is 13.2. The van der Waals surface area contributed by atoms with E-state index in [1.165, 1.54) is 12.1 Å². The maximum absolute atomic E-state index is 12.9. The van der Waals surface area contributed by atoms with Gasteiger partial charge in [0.15, 0.2) is 0 Å². The third kappa shape index (κ3) is 2.42. The van der Waals surface area contributed by atoms with Crippen molar-refractivity contribution >= 4 is 15.9 Å². The van der Waals surface area contributed by atoms with Crippen LogP contribution < -0.4 is 0 Å². The first kappa shape index (κ1) is 12.0. The predicted octanol–water partition coefficient (Wildman–Crippen LogP) is 4.31. The number of hydrogen-bond donors (Lipinski definition) is 0. The molecule has 19 heavy (non-hydrogen) atoms. The van der Waals surface area contributed by atoms with Crippen LogP contribution in [0.25, 0.3) is 22.9 Å². The molecule has 3 nitrogen and oxygen atoms in total. The lowest BCUT2D eigenvalue weighted by molar-refractivity contribution is 0.583. The van der Waals surface area contributed by atoms with E-state index in [1.54, 1.807) is 12.1 Å². The molecular weight excluding hydrogens is 311 g/mol. The van der Waals surface area contributed by atoms with Crippen molar-refractivity contribution in [1.82, 2.24) is 10.2 Å². The van der Waals surface area contributed by atoms with Crippen molar-refractivity contribution in [2.24, 2.45) is 0 Å². The summed E-state index contributed by atoms with van der Waals surface area (Å²) in [7, 11) is 0. The third-order valence-electron chi connectivity index (χ3n) is 2.62. The maximum atomic E-state index is 12.9. The summed E-state index contributed by atoms with van der Waals surface area (Å²) in [5, 5.41) is 7.98. The fourth-order valence-electron chi connectivity index (χ4n) is 1.68. The van der Waals surface area contributed by atoms with E-state index in [9.17, 15) is 4.39 Å². The molecular formula is C14H8BrFN2O. The van der Waals surface area contributed by atoms with Crippen molar-refractivity contribution < 1.29 is 8.81 Å². The molecule has 0 amide bonds. The van der Waals surface area contributed by atoms with Crippen LogP contribution in [0.4, 0.5) is 4.39 Å². The van der Waals surface area contributed by atoms with E-state index in [1.807, 2.05) is 24.3 Å². The lowest BCUT2D eigenvalue weighted by atomic mass is 10.2. The van der Waals surface area contributed by atoms with Crippen LogP contribution in [0.3, 0.4) is 0 Å². The molecule has 1 aromatic heterocycles. The topological polar surface area (TPSA) is 38.9 Å². The highest BCUT2D eigenvalue weighted by Gasteiger charge is 2.12. The molecule has 2 aromatic carbocycles. The van der Waals surface area contributed by atoms with Gasteiger partial charge in [0.2, 0.25) is 11.8 Å². The molecule has 3 rings (SSSR count). The summed E-state index contributed by atoms with van der Waals surface area (Å²) >= 11 is 3.43. The van der Waals surface area contributed by atoms with Gasteiger partial charge in [0, 0.05) is 10.0 Å². The van der Waals surface area contributed by atoms with Crippen LogP contribution in [0.5, 0.6) is 0 Å². The molecule has 0 unspecified atom stereocenters. The van der Waals surface area contributed by atoms with Crippen LogP contribution >= 0.6 is 15.9 Å². The molecule has 0 bridgehead atoms. The van der Waals surface area contributed by atoms with Gasteiger partial charge < -0.3 is 4.42 Å². The second-order valence-corrected chi connectivity index (χ2v) is 4.75. The van der Waals surface area contributed by atoms with Gasteiger partial charge in [-0.25, -0.2) is 4.39 Å². The summed E-state index contributed by atoms with van der Waals surface area (Å²) < 4.78 is 19.3. The largest absolute Gasteiger partial charge is 0.416 e. The van der Waals surface area contributed by atoms with Crippen molar-refractivity contribution in [3.8, 4) is 22.9 Å². The van der Waals surface area contributed by atoms with Crippen LogP contribution in [0, 0.1) is 5.82 Å². The molecule has 0 aliphatic carbocycles. The zero-order valence-electron chi connectivity index (χ0n) is 9.68. The van der Waals surface area contributed by atoms with Gasteiger partial charge in [0.25, 0.3) is 0 Å². The Kier molecular flexibility index (Phi) is 3.13. The van der Waals surface area contributed by atoms with Crippen molar-refractivity contribution in [1.29, 1.82) is 0 Å². The molecule has 94 valence electrons. The predicted molar refractivity (Wildman–Crippen MR) is 72.8 cm³/mol. The summed E-state index contributed by atoms with van der Waals surface area (Å²) in [6.07, 6.45) is 0. The Balaban J connectivity index is 2.00. The van der Waals surface area contributed by atoms with Crippen LogP contribution in [-0.4, -0.2) is 10.2 Å². The summed E-state index contributed by atoms with van der Waals surface area (Å²) in [5.74, 6) is 0.492. The summed E-state index contributed by atoms with van der Waals surface area (Å²) in [6, 6.07) is 13.5. The Labute approximate surface area is 117 Å². The van der Waals surface area contributed by atoms with Gasteiger partial charge in [-0.1, -0.05) is 12.1 Å². The van der Waals surface area contributed by atoms with E-state index in [0.717, 1.165) is 10.0 Å². The minimum Gasteiger partial charge on any atom is -0.416 e. The van der Waals surface area contributed by atoms with Crippen molar-refractivity contribution in [2.75, 3.05) is 0 Å². The number of nitrogens with zero attached hydrogens (tertiary/aromatic N) is 2. The highest BCUT2D eigenvalue weighted by molar-refractivity contribution is 9.10. The van der Waals surface area contributed by atoms with Gasteiger partial charge in [-0.15, -0.1) is 10.2 Å². The van der Waals surface area contributed by atoms with Gasteiger partial charge in [0.1, 0.15) is 5.82 Å². The highest BCUT2D eigenvalue weighted by atomic mass is 79.9. The Bertz CT molecular complexity index is 709. The molecule has 0 saturated carbocycles.